The molecule has 1 aromatic heterocycles. The number of primary amides is 1. The number of aryl methyl sites for hydroxylation is 1. The molecule has 0 saturated carbocycles. The number of ether oxygens (including phenoxy) is 1. The quantitative estimate of drug-likeness (QED) is 0.817. The molecule has 7 nitrogen and oxygen atoms in total. The third-order valence-electron chi connectivity index (χ3n) is 5.17. The molecule has 2 heterocycles. The van der Waals surface area contributed by atoms with Crippen molar-refractivity contribution in [1.82, 2.24) is 14.7 Å². The molecule has 1 aliphatic rings. The van der Waals surface area contributed by atoms with Gasteiger partial charge in [-0.05, 0) is 57.4 Å². The predicted octanol–water partition coefficient (Wildman–Crippen LogP) is 4.04. The van der Waals surface area contributed by atoms with Crippen LogP contribution in [0.4, 0.5) is 9.18 Å². The van der Waals surface area contributed by atoms with Gasteiger partial charge in [-0.25, -0.2) is 9.18 Å². The number of rotatable bonds is 3. The van der Waals surface area contributed by atoms with Gasteiger partial charge in [-0.15, -0.1) is 0 Å². The normalized spacial score (nSPS) is 16.5. The Hall–Kier alpha value is -2.90. The minimum atomic E-state index is -0.637. The third-order valence-corrected chi connectivity index (χ3v) is 5.17. The van der Waals surface area contributed by atoms with Crippen molar-refractivity contribution in [2.75, 3.05) is 6.54 Å². The lowest BCUT2D eigenvalue weighted by Gasteiger charge is -2.36. The number of amides is 2. The first kappa shape index (κ1) is 21.8. The number of aromatic nitrogens is 2. The molecule has 0 bridgehead atoms. The van der Waals surface area contributed by atoms with E-state index in [1.54, 1.807) is 28.6 Å². The average Bonchev–Trinajstić information content (AvgIpc) is 3.01. The molecule has 1 atom stereocenters. The van der Waals surface area contributed by atoms with Crippen LogP contribution in [0.3, 0.4) is 0 Å². The van der Waals surface area contributed by atoms with Crippen LogP contribution in [0.25, 0.3) is 11.3 Å². The first-order valence-corrected chi connectivity index (χ1v) is 10.0. The summed E-state index contributed by atoms with van der Waals surface area (Å²) < 4.78 is 21.1. The lowest BCUT2D eigenvalue weighted by molar-refractivity contribution is 0.0135. The highest BCUT2D eigenvalue weighted by Gasteiger charge is 2.37. The van der Waals surface area contributed by atoms with E-state index in [1.165, 1.54) is 6.07 Å². The summed E-state index contributed by atoms with van der Waals surface area (Å²) in [4.78, 5) is 26.8. The van der Waals surface area contributed by atoms with Crippen LogP contribution in [-0.4, -0.2) is 38.8 Å². The van der Waals surface area contributed by atoms with Crippen molar-refractivity contribution >= 4 is 12.0 Å². The van der Waals surface area contributed by atoms with E-state index in [1.807, 2.05) is 34.6 Å². The smallest absolute Gasteiger partial charge is 0.410 e. The number of benzene rings is 1. The number of hydrogen-bond acceptors (Lipinski definition) is 4. The van der Waals surface area contributed by atoms with E-state index in [4.69, 9.17) is 15.6 Å². The zero-order valence-corrected chi connectivity index (χ0v) is 18.3. The Bertz CT molecular complexity index is 991. The van der Waals surface area contributed by atoms with Gasteiger partial charge in [-0.3, -0.25) is 9.48 Å². The minimum absolute atomic E-state index is 0.136. The summed E-state index contributed by atoms with van der Waals surface area (Å²) in [5.74, 6) is -0.835. The second-order valence-corrected chi connectivity index (χ2v) is 9.12. The number of halogens is 1. The van der Waals surface area contributed by atoms with Crippen molar-refractivity contribution < 1.29 is 18.7 Å². The third kappa shape index (κ3) is 4.17. The highest BCUT2D eigenvalue weighted by Crippen LogP contribution is 2.35. The van der Waals surface area contributed by atoms with Gasteiger partial charge < -0.3 is 15.4 Å². The van der Waals surface area contributed by atoms with Crippen LogP contribution in [0.15, 0.2) is 18.2 Å². The Morgan fingerprint density at radius 1 is 1.30 bits per heavy atom. The van der Waals surface area contributed by atoms with Crippen LogP contribution < -0.4 is 5.73 Å². The van der Waals surface area contributed by atoms with E-state index >= 15 is 0 Å². The van der Waals surface area contributed by atoms with E-state index in [2.05, 4.69) is 0 Å². The maximum atomic E-state index is 13.8. The van der Waals surface area contributed by atoms with Gasteiger partial charge in [0.1, 0.15) is 17.1 Å². The van der Waals surface area contributed by atoms with Crippen LogP contribution in [0.5, 0.6) is 0 Å². The van der Waals surface area contributed by atoms with Crippen molar-refractivity contribution in [1.29, 1.82) is 0 Å². The summed E-state index contributed by atoms with van der Waals surface area (Å²) in [5.41, 5.74) is 7.37. The van der Waals surface area contributed by atoms with Crippen LogP contribution in [0.2, 0.25) is 0 Å². The van der Waals surface area contributed by atoms with Gasteiger partial charge in [0.25, 0.3) is 5.91 Å². The van der Waals surface area contributed by atoms with Gasteiger partial charge in [0.05, 0.1) is 23.8 Å². The summed E-state index contributed by atoms with van der Waals surface area (Å²) >= 11 is 0. The summed E-state index contributed by atoms with van der Waals surface area (Å²) in [7, 11) is 0. The molecule has 2 amide bonds. The van der Waals surface area contributed by atoms with Crippen LogP contribution in [0, 0.1) is 18.7 Å². The monoisotopic (exact) mass is 416 g/mol. The van der Waals surface area contributed by atoms with Gasteiger partial charge in [-0.1, -0.05) is 13.8 Å². The van der Waals surface area contributed by atoms with E-state index in [0.29, 0.717) is 29.1 Å². The molecule has 30 heavy (non-hydrogen) atoms. The predicted molar refractivity (Wildman–Crippen MR) is 111 cm³/mol. The maximum absolute atomic E-state index is 13.8. The van der Waals surface area contributed by atoms with Crippen molar-refractivity contribution in [2.24, 2.45) is 11.7 Å². The van der Waals surface area contributed by atoms with Crippen molar-refractivity contribution in [2.45, 2.75) is 59.7 Å². The molecule has 1 aromatic carbocycles. The zero-order chi connectivity index (χ0) is 22.4. The second kappa shape index (κ2) is 7.74. The number of nitrogens with two attached hydrogens (primary N) is 1. The highest BCUT2D eigenvalue weighted by molar-refractivity contribution is 6.00. The Kier molecular flexibility index (Phi) is 5.62. The first-order chi connectivity index (χ1) is 13.9. The van der Waals surface area contributed by atoms with E-state index in [-0.39, 0.29) is 29.9 Å². The fraction of sp³-hybridized carbons (Fsp3) is 0.500. The molecule has 0 fully saturated rings. The fourth-order valence-corrected chi connectivity index (χ4v) is 3.66. The number of carbonyl (C=O) groups is 2. The average molecular weight is 416 g/mol. The number of hydrogen-bond donors (Lipinski definition) is 1. The molecule has 162 valence electrons. The number of nitrogens with zero attached hydrogens (tertiary/aromatic N) is 3. The Morgan fingerprint density at radius 3 is 2.50 bits per heavy atom. The van der Waals surface area contributed by atoms with Crippen LogP contribution in [0.1, 0.15) is 62.3 Å². The zero-order valence-electron chi connectivity index (χ0n) is 18.3. The topological polar surface area (TPSA) is 90.5 Å². The minimum Gasteiger partial charge on any atom is -0.444 e. The van der Waals surface area contributed by atoms with E-state index in [0.717, 1.165) is 0 Å². The van der Waals surface area contributed by atoms with Gasteiger partial charge in [-0.2, -0.15) is 5.10 Å². The lowest BCUT2D eigenvalue weighted by atomic mass is 9.99. The van der Waals surface area contributed by atoms with Crippen molar-refractivity contribution in [3.05, 3.63) is 40.8 Å². The van der Waals surface area contributed by atoms with Gasteiger partial charge in [0.15, 0.2) is 0 Å². The molecule has 0 saturated heterocycles. The molecular formula is C22H29FN4O3. The van der Waals surface area contributed by atoms with E-state index < -0.39 is 17.6 Å². The molecule has 3 rings (SSSR count). The van der Waals surface area contributed by atoms with E-state index in [9.17, 15) is 14.0 Å². The molecular weight excluding hydrogens is 387 g/mol. The maximum Gasteiger partial charge on any atom is 0.410 e. The molecule has 1 unspecified atom stereocenters. The Labute approximate surface area is 176 Å². The summed E-state index contributed by atoms with van der Waals surface area (Å²) in [6.45, 7) is 11.7. The molecule has 0 radical (unpaired) electrons. The number of carbonyl (C=O) groups excluding carboxylic acids is 2. The summed E-state index contributed by atoms with van der Waals surface area (Å²) in [6, 6.07) is 4.42. The van der Waals surface area contributed by atoms with Gasteiger partial charge in [0.2, 0.25) is 0 Å². The molecule has 1 aliphatic heterocycles. The molecule has 2 aromatic rings. The molecule has 8 heteroatoms. The van der Waals surface area contributed by atoms with Gasteiger partial charge >= 0.3 is 6.09 Å². The summed E-state index contributed by atoms with van der Waals surface area (Å²) in [5, 5.41) is 4.70. The SMILES string of the molecule is Cc1cc(-c2nn3c(c2C(N)=O)CN(C(=O)OC(C)(C)C)CC3C(C)C)ccc1F. The van der Waals surface area contributed by atoms with Gasteiger partial charge in [0, 0.05) is 12.1 Å². The largest absolute Gasteiger partial charge is 0.444 e. The Morgan fingerprint density at radius 2 is 1.97 bits per heavy atom. The van der Waals surface area contributed by atoms with Crippen molar-refractivity contribution in [3.63, 3.8) is 0 Å². The molecule has 0 aliphatic carbocycles. The Balaban J connectivity index is 2.12. The standard InChI is InChI=1S/C22H29FN4O3/c1-12(2)16-10-26(21(29)30-22(4,5)6)11-17-18(20(24)28)19(25-27(16)17)14-7-8-15(23)13(3)9-14/h7-9,12,16H,10-11H2,1-6H3,(H2,24,28). The first-order valence-electron chi connectivity index (χ1n) is 10.0. The molecule has 0 spiro atoms. The fourth-order valence-electron chi connectivity index (χ4n) is 3.66. The molecule has 2 N–H and O–H groups in total. The van der Waals surface area contributed by atoms with Crippen molar-refractivity contribution in [3.8, 4) is 11.3 Å². The number of fused-ring (bicyclic) bond motifs is 1. The summed E-state index contributed by atoms with van der Waals surface area (Å²) in [6.07, 6.45) is -0.449. The van der Waals surface area contributed by atoms with Crippen LogP contribution >= 0.6 is 0 Å². The lowest BCUT2D eigenvalue weighted by Crippen LogP contribution is -2.45. The second-order valence-electron chi connectivity index (χ2n) is 9.12. The highest BCUT2D eigenvalue weighted by atomic mass is 19.1. The van der Waals surface area contributed by atoms with Crippen LogP contribution in [-0.2, 0) is 11.3 Å².